The highest BCUT2D eigenvalue weighted by Crippen LogP contribution is 2.40. The minimum absolute atomic E-state index is 0.0507. The van der Waals surface area contributed by atoms with Crippen LogP contribution in [0.15, 0.2) is 18.3 Å². The summed E-state index contributed by atoms with van der Waals surface area (Å²) in [5.74, 6) is 0.191. The van der Waals surface area contributed by atoms with Crippen LogP contribution in [0.2, 0.25) is 0 Å². The third kappa shape index (κ3) is 3.09. The Morgan fingerprint density at radius 3 is 3.00 bits per heavy atom. The minimum atomic E-state index is 0.0507. The Morgan fingerprint density at radius 2 is 2.23 bits per heavy atom. The van der Waals surface area contributed by atoms with Crippen molar-refractivity contribution >= 4 is 11.6 Å². The van der Waals surface area contributed by atoms with Gasteiger partial charge in [-0.05, 0) is 38.3 Å². The zero-order valence-corrected chi connectivity index (χ0v) is 13.3. The predicted octanol–water partition coefficient (Wildman–Crippen LogP) is 1.59. The third-order valence-electron chi connectivity index (χ3n) is 5.02. The van der Waals surface area contributed by atoms with Gasteiger partial charge >= 0.3 is 0 Å². The van der Waals surface area contributed by atoms with Crippen LogP contribution >= 0.6 is 0 Å². The second-order valence-electron chi connectivity index (χ2n) is 6.72. The molecule has 1 aromatic heterocycles. The van der Waals surface area contributed by atoms with Gasteiger partial charge in [-0.2, -0.15) is 0 Å². The van der Waals surface area contributed by atoms with Gasteiger partial charge in [0.1, 0.15) is 0 Å². The quantitative estimate of drug-likeness (QED) is 0.921. The highest BCUT2D eigenvalue weighted by atomic mass is 16.3. The first-order chi connectivity index (χ1) is 10.6. The molecule has 1 N–H and O–H groups in total. The average molecular weight is 303 g/mol. The number of aryl methyl sites for hydroxylation is 1. The summed E-state index contributed by atoms with van der Waals surface area (Å²) in [6, 6.07) is 4.21. The summed E-state index contributed by atoms with van der Waals surface area (Å²) in [4.78, 5) is 20.6. The molecule has 2 aliphatic heterocycles. The number of carbonyl (C=O) groups is 1. The van der Waals surface area contributed by atoms with Crippen molar-refractivity contribution in [2.45, 2.75) is 32.6 Å². The molecule has 1 atom stereocenters. The summed E-state index contributed by atoms with van der Waals surface area (Å²) in [5.41, 5.74) is 2.45. The van der Waals surface area contributed by atoms with Crippen molar-refractivity contribution < 1.29 is 9.90 Å². The molecule has 2 aliphatic rings. The lowest BCUT2D eigenvalue weighted by molar-refractivity contribution is -0.138. The van der Waals surface area contributed by atoms with Gasteiger partial charge in [0.2, 0.25) is 5.91 Å². The zero-order chi connectivity index (χ0) is 15.6. The van der Waals surface area contributed by atoms with Crippen LogP contribution in [0.5, 0.6) is 0 Å². The van der Waals surface area contributed by atoms with Gasteiger partial charge < -0.3 is 14.9 Å². The predicted molar refractivity (Wildman–Crippen MR) is 85.8 cm³/mol. The summed E-state index contributed by atoms with van der Waals surface area (Å²) in [7, 11) is 0. The topological polar surface area (TPSA) is 56.7 Å². The van der Waals surface area contributed by atoms with E-state index in [1.807, 2.05) is 18.0 Å². The van der Waals surface area contributed by atoms with Crippen molar-refractivity contribution in [1.29, 1.82) is 0 Å². The molecule has 2 fully saturated rings. The smallest absolute Gasteiger partial charge is 0.222 e. The number of rotatable bonds is 3. The van der Waals surface area contributed by atoms with E-state index < -0.39 is 0 Å². The molecule has 1 amide bonds. The lowest BCUT2D eigenvalue weighted by atomic mass is 9.73. The molecule has 0 radical (unpaired) electrons. The largest absolute Gasteiger partial charge is 0.395 e. The molecule has 5 heteroatoms. The number of aliphatic hydroxyl groups excluding tert-OH is 1. The first-order valence-corrected chi connectivity index (χ1v) is 8.18. The second kappa shape index (κ2) is 6.24. The van der Waals surface area contributed by atoms with Crippen molar-refractivity contribution in [1.82, 2.24) is 9.88 Å². The SMILES string of the molecule is Cc1cc(N2CCC[C@]3(CCC(=O)N(CCO)C3)C2)ccn1. The molecule has 120 valence electrons. The number of anilines is 1. The van der Waals surface area contributed by atoms with Crippen molar-refractivity contribution in [3.63, 3.8) is 0 Å². The number of aliphatic hydroxyl groups is 1. The van der Waals surface area contributed by atoms with Crippen molar-refractivity contribution in [3.05, 3.63) is 24.0 Å². The van der Waals surface area contributed by atoms with Crippen LogP contribution in [0.3, 0.4) is 0 Å². The van der Waals surface area contributed by atoms with E-state index in [2.05, 4.69) is 22.0 Å². The van der Waals surface area contributed by atoms with Gasteiger partial charge in [-0.1, -0.05) is 0 Å². The number of aromatic nitrogens is 1. The average Bonchev–Trinajstić information content (AvgIpc) is 2.52. The molecule has 0 aromatic carbocycles. The van der Waals surface area contributed by atoms with Gasteiger partial charge in [-0.25, -0.2) is 0 Å². The summed E-state index contributed by atoms with van der Waals surface area (Å²) in [6.07, 6.45) is 5.78. The molecule has 5 nitrogen and oxygen atoms in total. The molecule has 2 saturated heterocycles. The molecule has 1 spiro atoms. The maximum absolute atomic E-state index is 12.0. The maximum atomic E-state index is 12.0. The number of nitrogens with zero attached hydrogens (tertiary/aromatic N) is 3. The number of pyridine rings is 1. The molecule has 0 bridgehead atoms. The van der Waals surface area contributed by atoms with Crippen molar-refractivity contribution in [2.75, 3.05) is 37.7 Å². The monoisotopic (exact) mass is 303 g/mol. The van der Waals surface area contributed by atoms with Crippen LogP contribution in [0, 0.1) is 12.3 Å². The molecule has 3 heterocycles. The van der Waals surface area contributed by atoms with Crippen LogP contribution in [0.4, 0.5) is 5.69 Å². The van der Waals surface area contributed by atoms with Gasteiger partial charge in [0.15, 0.2) is 0 Å². The Bertz CT molecular complexity index is 548. The van der Waals surface area contributed by atoms with Gasteiger partial charge in [0, 0.05) is 55.6 Å². The number of carbonyl (C=O) groups excluding carboxylic acids is 1. The van der Waals surface area contributed by atoms with Crippen LogP contribution in [-0.2, 0) is 4.79 Å². The Morgan fingerprint density at radius 1 is 1.36 bits per heavy atom. The lowest BCUT2D eigenvalue weighted by Gasteiger charge is -2.48. The van der Waals surface area contributed by atoms with Crippen LogP contribution in [0.1, 0.15) is 31.4 Å². The van der Waals surface area contributed by atoms with Crippen LogP contribution < -0.4 is 4.90 Å². The van der Waals surface area contributed by atoms with Crippen molar-refractivity contribution in [2.24, 2.45) is 5.41 Å². The van der Waals surface area contributed by atoms with E-state index in [1.54, 1.807) is 0 Å². The number of β-amino-alcohol motifs (C(OH)–C–C–N with tert-alkyl or cyclic N) is 1. The summed E-state index contributed by atoms with van der Waals surface area (Å²) >= 11 is 0. The van der Waals surface area contributed by atoms with Crippen LogP contribution in [0.25, 0.3) is 0 Å². The second-order valence-corrected chi connectivity index (χ2v) is 6.72. The Kier molecular flexibility index (Phi) is 4.34. The van der Waals surface area contributed by atoms with E-state index in [0.717, 1.165) is 38.2 Å². The summed E-state index contributed by atoms with van der Waals surface area (Å²) in [6.45, 7) is 5.38. The third-order valence-corrected chi connectivity index (χ3v) is 5.02. The van der Waals surface area contributed by atoms with E-state index in [9.17, 15) is 9.90 Å². The zero-order valence-electron chi connectivity index (χ0n) is 13.3. The number of likely N-dealkylation sites (tertiary alicyclic amines) is 1. The maximum Gasteiger partial charge on any atom is 0.222 e. The highest BCUT2D eigenvalue weighted by molar-refractivity contribution is 5.77. The number of piperidine rings is 2. The summed E-state index contributed by atoms with van der Waals surface area (Å²) in [5, 5.41) is 9.17. The Hall–Kier alpha value is -1.62. The van der Waals surface area contributed by atoms with E-state index >= 15 is 0 Å². The lowest BCUT2D eigenvalue weighted by Crippen LogP contribution is -2.54. The molecule has 0 saturated carbocycles. The van der Waals surface area contributed by atoms with Gasteiger partial charge in [0.25, 0.3) is 0 Å². The molecular weight excluding hydrogens is 278 g/mol. The van der Waals surface area contributed by atoms with Gasteiger partial charge in [-0.15, -0.1) is 0 Å². The molecule has 0 aliphatic carbocycles. The normalized spacial score (nSPS) is 25.8. The van der Waals surface area contributed by atoms with E-state index in [4.69, 9.17) is 0 Å². The van der Waals surface area contributed by atoms with Crippen LogP contribution in [-0.4, -0.2) is 53.7 Å². The van der Waals surface area contributed by atoms with E-state index in [-0.39, 0.29) is 17.9 Å². The fourth-order valence-corrected chi connectivity index (χ4v) is 3.92. The number of amides is 1. The number of hydrogen-bond donors (Lipinski definition) is 1. The van der Waals surface area contributed by atoms with E-state index in [0.29, 0.717) is 13.0 Å². The van der Waals surface area contributed by atoms with Gasteiger partial charge in [0.05, 0.1) is 6.61 Å². The Balaban J connectivity index is 1.76. The molecule has 0 unspecified atom stereocenters. The Labute approximate surface area is 131 Å². The van der Waals surface area contributed by atoms with E-state index in [1.165, 1.54) is 12.1 Å². The fraction of sp³-hybridized carbons (Fsp3) is 0.647. The summed E-state index contributed by atoms with van der Waals surface area (Å²) < 4.78 is 0. The molecule has 3 rings (SSSR count). The molecule has 22 heavy (non-hydrogen) atoms. The molecule has 1 aromatic rings. The standard InChI is InChI=1S/C17H25N3O2/c1-14-11-15(4-7-18-14)19-8-2-5-17(12-19)6-3-16(22)20(13-17)9-10-21/h4,7,11,21H,2-3,5-6,8-10,12-13H2,1H3/t17-/m0/s1. The minimum Gasteiger partial charge on any atom is -0.395 e. The van der Waals surface area contributed by atoms with Crippen molar-refractivity contribution in [3.8, 4) is 0 Å². The highest BCUT2D eigenvalue weighted by Gasteiger charge is 2.41. The fourth-order valence-electron chi connectivity index (χ4n) is 3.92. The molecular formula is C17H25N3O2. The first-order valence-electron chi connectivity index (χ1n) is 8.18. The van der Waals surface area contributed by atoms with Gasteiger partial charge in [-0.3, -0.25) is 9.78 Å². The first kappa shape index (κ1) is 15.3. The number of hydrogen-bond acceptors (Lipinski definition) is 4.